The molecule has 0 saturated carbocycles. The number of carbonyl (C=O) groups is 1. The zero-order valence-corrected chi connectivity index (χ0v) is 15.7. The normalized spacial score (nSPS) is 19.8. The van der Waals surface area contributed by atoms with Crippen LogP contribution in [0.15, 0.2) is 36.7 Å². The number of benzene rings is 1. The molecule has 4 heterocycles. The van der Waals surface area contributed by atoms with E-state index in [2.05, 4.69) is 10.4 Å². The van der Waals surface area contributed by atoms with Crippen LogP contribution in [0.4, 0.5) is 25.1 Å². The van der Waals surface area contributed by atoms with E-state index in [0.29, 0.717) is 48.8 Å². The number of carbonyl (C=O) groups excluding carboxylic acids is 1. The molecule has 7 nitrogen and oxygen atoms in total. The van der Waals surface area contributed by atoms with Gasteiger partial charge in [0.25, 0.3) is 0 Å². The van der Waals surface area contributed by atoms with E-state index in [1.165, 1.54) is 12.1 Å². The minimum atomic E-state index is -0.453. The highest BCUT2D eigenvalue weighted by molar-refractivity contribution is 5.96. The van der Waals surface area contributed by atoms with Crippen molar-refractivity contribution in [1.29, 1.82) is 0 Å². The number of halogens is 2. The number of anilines is 2. The highest BCUT2D eigenvalue weighted by Crippen LogP contribution is 2.37. The average Bonchev–Trinajstić information content (AvgIpc) is 3.37. The molecule has 3 aromatic rings. The molecule has 0 unspecified atom stereocenters. The summed E-state index contributed by atoms with van der Waals surface area (Å²) in [5.74, 6) is -0.215. The van der Waals surface area contributed by atoms with Crippen LogP contribution in [-0.2, 0) is 0 Å². The van der Waals surface area contributed by atoms with Crippen molar-refractivity contribution in [2.24, 2.45) is 0 Å². The topological polar surface area (TPSA) is 65.8 Å². The summed E-state index contributed by atoms with van der Waals surface area (Å²) in [4.78, 5) is 20.6. The zero-order chi connectivity index (χ0) is 20.0. The van der Waals surface area contributed by atoms with Gasteiger partial charge in [0, 0.05) is 31.4 Å². The monoisotopic (exact) mass is 398 g/mol. The summed E-state index contributed by atoms with van der Waals surface area (Å²) in [5, 5.41) is 7.13. The van der Waals surface area contributed by atoms with Crippen LogP contribution in [0.1, 0.15) is 30.9 Å². The van der Waals surface area contributed by atoms with Crippen LogP contribution in [0.2, 0.25) is 0 Å². The molecule has 0 bridgehead atoms. The fourth-order valence-electron chi connectivity index (χ4n) is 4.19. The molecule has 29 heavy (non-hydrogen) atoms. The fourth-order valence-corrected chi connectivity index (χ4v) is 4.19. The van der Waals surface area contributed by atoms with Crippen LogP contribution >= 0.6 is 0 Å². The highest BCUT2D eigenvalue weighted by Gasteiger charge is 2.30. The third kappa shape index (κ3) is 3.06. The number of nitrogens with zero attached hydrogens (tertiary/aromatic N) is 5. The number of nitrogens with one attached hydrogen (secondary N) is 1. The minimum absolute atomic E-state index is 0.167. The van der Waals surface area contributed by atoms with E-state index in [-0.39, 0.29) is 12.1 Å². The molecular formula is C20H20F2N6O. The molecule has 0 radical (unpaired) electrons. The molecule has 2 amide bonds. The summed E-state index contributed by atoms with van der Waals surface area (Å²) >= 11 is 0. The Bertz CT molecular complexity index is 1080. The quantitative estimate of drug-likeness (QED) is 0.736. The lowest BCUT2D eigenvalue weighted by molar-refractivity contribution is 0.243. The lowest BCUT2D eigenvalue weighted by Gasteiger charge is -2.28. The first-order valence-corrected chi connectivity index (χ1v) is 9.73. The second-order valence-corrected chi connectivity index (χ2v) is 7.34. The molecule has 2 aliphatic rings. The number of urea groups is 1. The Labute approximate surface area is 165 Å². The van der Waals surface area contributed by atoms with Crippen molar-refractivity contribution in [2.75, 3.05) is 29.4 Å². The Morgan fingerprint density at radius 1 is 1.14 bits per heavy atom. The van der Waals surface area contributed by atoms with Crippen LogP contribution < -0.4 is 15.1 Å². The molecule has 2 aliphatic heterocycles. The van der Waals surface area contributed by atoms with Gasteiger partial charge >= 0.3 is 6.03 Å². The smallest absolute Gasteiger partial charge is 0.322 e. The first-order valence-electron chi connectivity index (χ1n) is 9.73. The average molecular weight is 398 g/mol. The van der Waals surface area contributed by atoms with E-state index in [1.54, 1.807) is 21.8 Å². The second-order valence-electron chi connectivity index (χ2n) is 7.34. The number of hydrogen-bond donors (Lipinski definition) is 1. The molecule has 2 aromatic heterocycles. The van der Waals surface area contributed by atoms with Crippen molar-refractivity contribution in [1.82, 2.24) is 19.9 Å². The fraction of sp³-hybridized carbons (Fsp3) is 0.350. The summed E-state index contributed by atoms with van der Waals surface area (Å²) in [7, 11) is 0. The van der Waals surface area contributed by atoms with Crippen LogP contribution in [0.25, 0.3) is 5.65 Å². The molecule has 2 fully saturated rings. The SMILES string of the molecule is O=C1NCCCN1c1cnn2ccc(N3CCC[C@@H]3c3cc(F)ccc3F)nc12. The molecular weight excluding hydrogens is 378 g/mol. The lowest BCUT2D eigenvalue weighted by atomic mass is 10.0. The van der Waals surface area contributed by atoms with Gasteiger partial charge in [-0.15, -0.1) is 0 Å². The Hall–Kier alpha value is -3.23. The van der Waals surface area contributed by atoms with Gasteiger partial charge < -0.3 is 10.2 Å². The van der Waals surface area contributed by atoms with E-state index in [0.717, 1.165) is 18.9 Å². The lowest BCUT2D eigenvalue weighted by Crippen LogP contribution is -2.46. The minimum Gasteiger partial charge on any atom is -0.349 e. The summed E-state index contributed by atoms with van der Waals surface area (Å²) in [6.07, 6.45) is 5.82. The summed E-state index contributed by atoms with van der Waals surface area (Å²) in [6.45, 7) is 1.94. The van der Waals surface area contributed by atoms with Gasteiger partial charge in [-0.2, -0.15) is 5.10 Å². The Morgan fingerprint density at radius 2 is 2.03 bits per heavy atom. The van der Waals surface area contributed by atoms with E-state index in [4.69, 9.17) is 4.98 Å². The van der Waals surface area contributed by atoms with E-state index in [9.17, 15) is 13.6 Å². The van der Waals surface area contributed by atoms with E-state index >= 15 is 0 Å². The van der Waals surface area contributed by atoms with Gasteiger partial charge in [0.15, 0.2) is 5.65 Å². The Balaban J connectivity index is 1.53. The molecule has 9 heteroatoms. The maximum atomic E-state index is 14.4. The van der Waals surface area contributed by atoms with Gasteiger partial charge in [0.2, 0.25) is 0 Å². The molecule has 0 spiro atoms. The van der Waals surface area contributed by atoms with Gasteiger partial charge in [-0.05, 0) is 43.5 Å². The number of hydrogen-bond acceptors (Lipinski definition) is 4. The number of fused-ring (bicyclic) bond motifs is 1. The molecule has 1 atom stereocenters. The van der Waals surface area contributed by atoms with Crippen LogP contribution in [0, 0.1) is 11.6 Å². The molecule has 150 valence electrons. The molecule has 0 aliphatic carbocycles. The summed E-state index contributed by atoms with van der Waals surface area (Å²) in [6, 6.07) is 4.92. The summed E-state index contributed by atoms with van der Waals surface area (Å²) < 4.78 is 29.7. The van der Waals surface area contributed by atoms with Crippen molar-refractivity contribution in [3.05, 3.63) is 53.9 Å². The van der Waals surface area contributed by atoms with Crippen molar-refractivity contribution in [3.63, 3.8) is 0 Å². The van der Waals surface area contributed by atoms with E-state index < -0.39 is 11.6 Å². The molecule has 1 N–H and O–H groups in total. The largest absolute Gasteiger partial charge is 0.349 e. The molecule has 2 saturated heterocycles. The van der Waals surface area contributed by atoms with Crippen molar-refractivity contribution in [3.8, 4) is 0 Å². The third-order valence-electron chi connectivity index (χ3n) is 5.57. The number of amides is 2. The van der Waals surface area contributed by atoms with Crippen molar-refractivity contribution in [2.45, 2.75) is 25.3 Å². The highest BCUT2D eigenvalue weighted by atomic mass is 19.1. The van der Waals surface area contributed by atoms with Gasteiger partial charge in [-0.1, -0.05) is 0 Å². The second kappa shape index (κ2) is 6.98. The maximum Gasteiger partial charge on any atom is 0.322 e. The summed E-state index contributed by atoms with van der Waals surface area (Å²) in [5.41, 5.74) is 1.54. The van der Waals surface area contributed by atoms with Crippen LogP contribution in [0.5, 0.6) is 0 Å². The molecule has 5 rings (SSSR count). The van der Waals surface area contributed by atoms with Gasteiger partial charge in [-0.25, -0.2) is 23.1 Å². The predicted octanol–water partition coefficient (Wildman–Crippen LogP) is 3.27. The Morgan fingerprint density at radius 3 is 2.90 bits per heavy atom. The molecule has 1 aromatic carbocycles. The Kier molecular flexibility index (Phi) is 4.30. The van der Waals surface area contributed by atoms with Crippen LogP contribution in [-0.4, -0.2) is 40.3 Å². The predicted molar refractivity (Wildman–Crippen MR) is 104 cm³/mol. The van der Waals surface area contributed by atoms with Gasteiger partial charge in [-0.3, -0.25) is 4.90 Å². The van der Waals surface area contributed by atoms with Gasteiger partial charge in [0.05, 0.1) is 12.2 Å². The first-order chi connectivity index (χ1) is 14.1. The van der Waals surface area contributed by atoms with Gasteiger partial charge in [0.1, 0.15) is 23.1 Å². The maximum absolute atomic E-state index is 14.4. The number of rotatable bonds is 3. The third-order valence-corrected chi connectivity index (χ3v) is 5.57. The van der Waals surface area contributed by atoms with E-state index in [1.807, 2.05) is 11.0 Å². The standard InChI is InChI=1S/C20H20F2N6O/c21-13-4-5-15(22)14(11-13)16-3-1-8-26(16)18-6-10-28-19(25-18)17(12-24-28)27-9-2-7-23-20(27)29/h4-6,10-12,16H,1-3,7-9H2,(H,23,29)/t16-/m1/s1. The van der Waals surface area contributed by atoms with Crippen molar-refractivity contribution < 1.29 is 13.6 Å². The zero-order valence-electron chi connectivity index (χ0n) is 15.7. The first kappa shape index (κ1) is 17.8. The number of aromatic nitrogens is 3. The van der Waals surface area contributed by atoms with Crippen LogP contribution in [0.3, 0.4) is 0 Å². The van der Waals surface area contributed by atoms with Crippen molar-refractivity contribution >= 4 is 23.2 Å².